The van der Waals surface area contributed by atoms with Crippen LogP contribution in [0.5, 0.6) is 0 Å². The second kappa shape index (κ2) is 6.99. The van der Waals surface area contributed by atoms with E-state index in [1.807, 2.05) is 6.07 Å². The minimum atomic E-state index is -0.386. The van der Waals surface area contributed by atoms with Gasteiger partial charge in [-0.15, -0.1) is 0 Å². The number of anilines is 1. The first kappa shape index (κ1) is 16.4. The summed E-state index contributed by atoms with van der Waals surface area (Å²) in [5.74, 6) is 1.42. The van der Waals surface area contributed by atoms with Crippen LogP contribution in [0.15, 0.2) is 24.4 Å². The van der Waals surface area contributed by atoms with E-state index in [0.29, 0.717) is 30.5 Å². The van der Waals surface area contributed by atoms with Crippen LogP contribution in [-0.4, -0.2) is 22.5 Å². The molecule has 0 unspecified atom stereocenters. The number of carbonyl (C=O) groups is 1. The molecule has 0 amide bonds. The molecular formula is C19H23N3O2. The lowest BCUT2D eigenvalue weighted by atomic mass is 10.0. The van der Waals surface area contributed by atoms with E-state index in [1.54, 1.807) is 13.1 Å². The van der Waals surface area contributed by atoms with Gasteiger partial charge in [0.25, 0.3) is 0 Å². The highest BCUT2D eigenvalue weighted by molar-refractivity contribution is 5.94. The normalized spacial score (nSPS) is 13.6. The van der Waals surface area contributed by atoms with E-state index in [4.69, 9.17) is 4.74 Å². The van der Waals surface area contributed by atoms with Crippen LogP contribution in [0.1, 0.15) is 58.6 Å². The number of carbonyl (C=O) groups excluding carboxylic acids is 1. The Labute approximate surface area is 142 Å². The second-order valence-corrected chi connectivity index (χ2v) is 6.20. The van der Waals surface area contributed by atoms with E-state index in [-0.39, 0.29) is 5.97 Å². The molecule has 5 nitrogen and oxygen atoms in total. The molecule has 1 aliphatic rings. The standard InChI is InChI=1S/C19H23N3O2/c1-4-24-19(23)16-11-21-17(14-8-9-14)22-18(16)20-10-15-7-5-6-12(2)13(15)3/h5-7,11,14H,4,8-10H2,1-3H3,(H,20,21,22). The van der Waals surface area contributed by atoms with Gasteiger partial charge in [0.2, 0.25) is 0 Å². The van der Waals surface area contributed by atoms with E-state index < -0.39 is 0 Å². The molecule has 5 heteroatoms. The number of aromatic nitrogens is 2. The number of hydrogen-bond donors (Lipinski definition) is 1. The smallest absolute Gasteiger partial charge is 0.343 e. The van der Waals surface area contributed by atoms with Gasteiger partial charge in [-0.25, -0.2) is 14.8 Å². The van der Waals surface area contributed by atoms with Crippen LogP contribution in [0, 0.1) is 13.8 Å². The molecule has 1 fully saturated rings. The molecule has 0 spiro atoms. The lowest BCUT2D eigenvalue weighted by Crippen LogP contribution is -2.14. The van der Waals surface area contributed by atoms with Crippen molar-refractivity contribution in [2.24, 2.45) is 0 Å². The monoisotopic (exact) mass is 325 g/mol. The van der Waals surface area contributed by atoms with Crippen molar-refractivity contribution >= 4 is 11.8 Å². The van der Waals surface area contributed by atoms with Crippen LogP contribution in [0.2, 0.25) is 0 Å². The molecular weight excluding hydrogens is 302 g/mol. The van der Waals surface area contributed by atoms with Gasteiger partial charge in [-0.2, -0.15) is 0 Å². The number of aryl methyl sites for hydroxylation is 1. The topological polar surface area (TPSA) is 64.1 Å². The summed E-state index contributed by atoms with van der Waals surface area (Å²) in [5, 5.41) is 3.31. The molecule has 1 N–H and O–H groups in total. The molecule has 1 aromatic heterocycles. The predicted octanol–water partition coefficient (Wildman–Crippen LogP) is 3.76. The highest BCUT2D eigenvalue weighted by Gasteiger charge is 2.28. The molecule has 2 aromatic rings. The van der Waals surface area contributed by atoms with E-state index in [2.05, 4.69) is 41.3 Å². The lowest BCUT2D eigenvalue weighted by Gasteiger charge is -2.13. The fraction of sp³-hybridized carbons (Fsp3) is 0.421. The van der Waals surface area contributed by atoms with Crippen LogP contribution in [0.4, 0.5) is 5.82 Å². The SMILES string of the molecule is CCOC(=O)c1cnc(C2CC2)nc1NCc1cccc(C)c1C. The zero-order valence-electron chi connectivity index (χ0n) is 14.4. The highest BCUT2D eigenvalue weighted by atomic mass is 16.5. The second-order valence-electron chi connectivity index (χ2n) is 6.20. The molecule has 1 heterocycles. The summed E-state index contributed by atoms with van der Waals surface area (Å²) in [5.41, 5.74) is 4.09. The van der Waals surface area contributed by atoms with E-state index in [1.165, 1.54) is 16.7 Å². The minimum absolute atomic E-state index is 0.333. The van der Waals surface area contributed by atoms with E-state index in [9.17, 15) is 4.79 Å². The summed E-state index contributed by atoms with van der Waals surface area (Å²) < 4.78 is 5.12. The fourth-order valence-electron chi connectivity index (χ4n) is 2.61. The Morgan fingerprint density at radius 2 is 2.12 bits per heavy atom. The van der Waals surface area contributed by atoms with Crippen molar-refractivity contribution in [2.75, 3.05) is 11.9 Å². The first-order valence-corrected chi connectivity index (χ1v) is 8.43. The Morgan fingerprint density at radius 3 is 2.83 bits per heavy atom. The largest absolute Gasteiger partial charge is 0.462 e. The Bertz CT molecular complexity index is 754. The van der Waals surface area contributed by atoms with Crippen molar-refractivity contribution in [3.05, 3.63) is 52.5 Å². The fourth-order valence-corrected chi connectivity index (χ4v) is 2.61. The Kier molecular flexibility index (Phi) is 4.79. The first-order chi connectivity index (χ1) is 11.6. The molecule has 0 bridgehead atoms. The third-order valence-electron chi connectivity index (χ3n) is 4.41. The zero-order chi connectivity index (χ0) is 17.1. The van der Waals surface area contributed by atoms with Gasteiger partial charge in [-0.05, 0) is 50.3 Å². The van der Waals surface area contributed by atoms with Gasteiger partial charge in [0.05, 0.1) is 6.61 Å². The maximum atomic E-state index is 12.2. The maximum absolute atomic E-state index is 12.2. The maximum Gasteiger partial charge on any atom is 0.343 e. The van der Waals surface area contributed by atoms with Crippen molar-refractivity contribution in [1.29, 1.82) is 0 Å². The van der Waals surface area contributed by atoms with Gasteiger partial charge in [0.15, 0.2) is 0 Å². The number of rotatable bonds is 6. The molecule has 0 aliphatic heterocycles. The summed E-state index contributed by atoms with van der Waals surface area (Å²) in [4.78, 5) is 21.1. The summed E-state index contributed by atoms with van der Waals surface area (Å²) in [7, 11) is 0. The van der Waals surface area contributed by atoms with E-state index >= 15 is 0 Å². The van der Waals surface area contributed by atoms with Crippen molar-refractivity contribution in [3.8, 4) is 0 Å². The summed E-state index contributed by atoms with van der Waals surface area (Å²) in [6.07, 6.45) is 3.83. The Morgan fingerprint density at radius 1 is 1.33 bits per heavy atom. The number of nitrogens with zero attached hydrogens (tertiary/aromatic N) is 2. The van der Waals surface area contributed by atoms with Crippen molar-refractivity contribution in [2.45, 2.75) is 46.1 Å². The minimum Gasteiger partial charge on any atom is -0.462 e. The first-order valence-electron chi connectivity index (χ1n) is 8.43. The van der Waals surface area contributed by atoms with Crippen LogP contribution in [0.25, 0.3) is 0 Å². The Balaban J connectivity index is 1.85. The van der Waals surface area contributed by atoms with Gasteiger partial charge in [-0.3, -0.25) is 0 Å². The number of hydrogen-bond acceptors (Lipinski definition) is 5. The number of nitrogens with one attached hydrogen (secondary N) is 1. The number of ether oxygens (including phenoxy) is 1. The van der Waals surface area contributed by atoms with Gasteiger partial charge in [-0.1, -0.05) is 18.2 Å². The predicted molar refractivity (Wildman–Crippen MR) is 93.2 cm³/mol. The summed E-state index contributed by atoms with van der Waals surface area (Å²) in [6.45, 7) is 6.94. The molecule has 1 aliphatic carbocycles. The number of esters is 1. The third-order valence-corrected chi connectivity index (χ3v) is 4.41. The molecule has 24 heavy (non-hydrogen) atoms. The quantitative estimate of drug-likeness (QED) is 0.819. The van der Waals surface area contributed by atoms with Crippen LogP contribution < -0.4 is 5.32 Å². The molecule has 0 saturated heterocycles. The lowest BCUT2D eigenvalue weighted by molar-refractivity contribution is 0.0526. The average molecular weight is 325 g/mol. The van der Waals surface area contributed by atoms with Gasteiger partial charge >= 0.3 is 5.97 Å². The Hall–Kier alpha value is -2.43. The van der Waals surface area contributed by atoms with Crippen molar-refractivity contribution in [3.63, 3.8) is 0 Å². The van der Waals surface area contributed by atoms with Crippen LogP contribution >= 0.6 is 0 Å². The third kappa shape index (κ3) is 3.55. The molecule has 3 rings (SSSR count). The van der Waals surface area contributed by atoms with Gasteiger partial charge in [0.1, 0.15) is 17.2 Å². The van der Waals surface area contributed by atoms with Gasteiger partial charge < -0.3 is 10.1 Å². The van der Waals surface area contributed by atoms with Crippen molar-refractivity contribution < 1.29 is 9.53 Å². The average Bonchev–Trinajstić information content (AvgIpc) is 3.41. The zero-order valence-corrected chi connectivity index (χ0v) is 14.4. The molecule has 1 aromatic carbocycles. The summed E-state index contributed by atoms with van der Waals surface area (Å²) >= 11 is 0. The summed E-state index contributed by atoms with van der Waals surface area (Å²) in [6, 6.07) is 6.22. The molecule has 0 radical (unpaired) electrons. The van der Waals surface area contributed by atoms with Crippen molar-refractivity contribution in [1.82, 2.24) is 9.97 Å². The van der Waals surface area contributed by atoms with Crippen LogP contribution in [-0.2, 0) is 11.3 Å². The highest BCUT2D eigenvalue weighted by Crippen LogP contribution is 2.38. The number of benzene rings is 1. The molecule has 126 valence electrons. The molecule has 1 saturated carbocycles. The van der Waals surface area contributed by atoms with Gasteiger partial charge in [0, 0.05) is 18.7 Å². The molecule has 0 atom stereocenters. The van der Waals surface area contributed by atoms with Crippen LogP contribution in [0.3, 0.4) is 0 Å². The van der Waals surface area contributed by atoms with E-state index in [0.717, 1.165) is 18.7 Å².